The van der Waals surface area contributed by atoms with E-state index in [0.717, 1.165) is 23.3 Å². The summed E-state index contributed by atoms with van der Waals surface area (Å²) in [5.41, 5.74) is 3.17. The van der Waals surface area contributed by atoms with E-state index in [0.29, 0.717) is 5.56 Å². The molecular formula is C14H13N3O. The Morgan fingerprint density at radius 1 is 0.889 bits per heavy atom. The number of hydrogen-bond acceptors (Lipinski definition) is 4. The molecule has 4 heteroatoms. The Kier molecular flexibility index (Phi) is 3.81. The molecule has 0 aromatic heterocycles. The molecule has 18 heavy (non-hydrogen) atoms. The van der Waals surface area contributed by atoms with Gasteiger partial charge in [-0.15, -0.1) is 0 Å². The summed E-state index contributed by atoms with van der Waals surface area (Å²) in [6.07, 6.45) is 0.803. The minimum absolute atomic E-state index is 0.632. The first kappa shape index (κ1) is 12.0. The third-order valence-electron chi connectivity index (χ3n) is 2.47. The molecule has 0 aliphatic heterocycles. The molecular weight excluding hydrogens is 226 g/mol. The van der Waals surface area contributed by atoms with Gasteiger partial charge >= 0.3 is 0 Å². The normalized spacial score (nSPS) is 10.5. The molecule has 0 heterocycles. The van der Waals surface area contributed by atoms with Crippen molar-refractivity contribution in [3.8, 4) is 0 Å². The highest BCUT2D eigenvalue weighted by Gasteiger charge is 1.93. The molecule has 0 saturated heterocycles. The van der Waals surface area contributed by atoms with Gasteiger partial charge in [-0.2, -0.15) is 10.2 Å². The molecule has 4 nitrogen and oxygen atoms in total. The van der Waals surface area contributed by atoms with Crippen LogP contribution in [0.5, 0.6) is 0 Å². The Labute approximate surface area is 105 Å². The van der Waals surface area contributed by atoms with Gasteiger partial charge in [0.05, 0.1) is 11.4 Å². The van der Waals surface area contributed by atoms with E-state index in [-0.39, 0.29) is 0 Å². The van der Waals surface area contributed by atoms with Gasteiger partial charge in [0.1, 0.15) is 6.29 Å². The third-order valence-corrected chi connectivity index (χ3v) is 2.47. The van der Waals surface area contributed by atoms with Crippen molar-refractivity contribution < 1.29 is 4.79 Å². The third kappa shape index (κ3) is 3.01. The largest absolute Gasteiger partial charge is 0.388 e. The number of rotatable bonds is 4. The predicted molar refractivity (Wildman–Crippen MR) is 72.0 cm³/mol. The number of anilines is 1. The molecule has 0 amide bonds. The molecule has 1 N–H and O–H groups in total. The first-order chi connectivity index (χ1) is 8.81. The first-order valence-corrected chi connectivity index (χ1v) is 5.56. The lowest BCUT2D eigenvalue weighted by molar-refractivity contribution is 0.112. The summed E-state index contributed by atoms with van der Waals surface area (Å²) >= 11 is 0. The maximum Gasteiger partial charge on any atom is 0.150 e. The van der Waals surface area contributed by atoms with Crippen molar-refractivity contribution in [1.82, 2.24) is 0 Å². The minimum Gasteiger partial charge on any atom is -0.388 e. The van der Waals surface area contributed by atoms with Gasteiger partial charge in [-0.3, -0.25) is 4.79 Å². The molecule has 0 radical (unpaired) electrons. The molecule has 0 fully saturated rings. The zero-order chi connectivity index (χ0) is 12.8. The Balaban J connectivity index is 2.10. The van der Waals surface area contributed by atoms with Gasteiger partial charge in [-0.05, 0) is 48.5 Å². The second kappa shape index (κ2) is 5.72. The van der Waals surface area contributed by atoms with Crippen LogP contribution in [0.25, 0.3) is 0 Å². The number of carbonyl (C=O) groups excluding carboxylic acids is 1. The zero-order valence-corrected chi connectivity index (χ0v) is 10.00. The lowest BCUT2D eigenvalue weighted by atomic mass is 10.2. The summed E-state index contributed by atoms with van der Waals surface area (Å²) in [6, 6.07) is 14.6. The van der Waals surface area contributed by atoms with E-state index < -0.39 is 0 Å². The van der Waals surface area contributed by atoms with Gasteiger partial charge in [-0.1, -0.05) is 0 Å². The van der Waals surface area contributed by atoms with Crippen molar-refractivity contribution in [2.75, 3.05) is 12.4 Å². The molecule has 0 aliphatic carbocycles. The minimum atomic E-state index is 0.632. The second-order valence-corrected chi connectivity index (χ2v) is 3.71. The molecule has 0 spiro atoms. The maximum absolute atomic E-state index is 10.5. The maximum atomic E-state index is 10.5. The Bertz CT molecular complexity index is 544. The fourth-order valence-electron chi connectivity index (χ4n) is 1.43. The van der Waals surface area contributed by atoms with Crippen molar-refractivity contribution >= 4 is 23.3 Å². The van der Waals surface area contributed by atoms with Crippen LogP contribution in [-0.4, -0.2) is 13.3 Å². The van der Waals surface area contributed by atoms with Crippen LogP contribution < -0.4 is 5.32 Å². The molecule has 0 atom stereocenters. The summed E-state index contributed by atoms with van der Waals surface area (Å²) in [7, 11) is 1.87. The first-order valence-electron chi connectivity index (χ1n) is 5.56. The summed E-state index contributed by atoms with van der Waals surface area (Å²) in [6.45, 7) is 0. The van der Waals surface area contributed by atoms with Crippen LogP contribution >= 0.6 is 0 Å². The molecule has 2 aromatic rings. The predicted octanol–water partition coefficient (Wildman–Crippen LogP) is 3.96. The Morgan fingerprint density at radius 2 is 1.39 bits per heavy atom. The molecule has 0 unspecified atom stereocenters. The van der Waals surface area contributed by atoms with Gasteiger partial charge in [0.2, 0.25) is 0 Å². The molecule has 90 valence electrons. The highest BCUT2D eigenvalue weighted by molar-refractivity contribution is 5.75. The number of carbonyl (C=O) groups is 1. The number of hydrogen-bond donors (Lipinski definition) is 1. The lowest BCUT2D eigenvalue weighted by Gasteiger charge is -1.98. The Morgan fingerprint density at radius 3 is 1.83 bits per heavy atom. The smallest absolute Gasteiger partial charge is 0.150 e. The molecule has 0 saturated carbocycles. The van der Waals surface area contributed by atoms with Crippen LogP contribution in [0.4, 0.5) is 17.1 Å². The fraction of sp³-hybridized carbons (Fsp3) is 0.0714. The van der Waals surface area contributed by atoms with Crippen molar-refractivity contribution in [3.05, 3.63) is 54.1 Å². The summed E-state index contributed by atoms with van der Waals surface area (Å²) in [5.74, 6) is 0. The quantitative estimate of drug-likeness (QED) is 0.648. The molecule has 2 rings (SSSR count). The van der Waals surface area contributed by atoms with Crippen molar-refractivity contribution in [3.63, 3.8) is 0 Å². The fourth-order valence-corrected chi connectivity index (χ4v) is 1.43. The van der Waals surface area contributed by atoms with E-state index in [4.69, 9.17) is 0 Å². The van der Waals surface area contributed by atoms with Gasteiger partial charge in [-0.25, -0.2) is 0 Å². The summed E-state index contributed by atoms with van der Waals surface area (Å²) in [4.78, 5) is 10.5. The van der Waals surface area contributed by atoms with Gasteiger partial charge in [0, 0.05) is 18.3 Å². The topological polar surface area (TPSA) is 53.8 Å². The van der Waals surface area contributed by atoms with E-state index in [1.54, 1.807) is 24.3 Å². The van der Waals surface area contributed by atoms with Crippen molar-refractivity contribution in [2.24, 2.45) is 10.2 Å². The number of nitrogens with zero attached hydrogens (tertiary/aromatic N) is 2. The number of aldehydes is 1. The van der Waals surface area contributed by atoms with E-state index in [2.05, 4.69) is 15.5 Å². The average molecular weight is 239 g/mol. The number of azo groups is 1. The summed E-state index contributed by atoms with van der Waals surface area (Å²) in [5, 5.41) is 11.2. The molecule has 0 aliphatic rings. The number of nitrogens with one attached hydrogen (secondary N) is 1. The van der Waals surface area contributed by atoms with Crippen LogP contribution in [0.3, 0.4) is 0 Å². The van der Waals surface area contributed by atoms with Crippen LogP contribution in [-0.2, 0) is 0 Å². The number of benzene rings is 2. The van der Waals surface area contributed by atoms with E-state index in [1.165, 1.54) is 0 Å². The SMILES string of the molecule is CNc1ccc(N=Nc2ccc(C=O)cc2)cc1. The van der Waals surface area contributed by atoms with Crippen molar-refractivity contribution in [1.29, 1.82) is 0 Å². The standard InChI is InChI=1S/C14H13N3O/c1-15-12-6-8-14(9-7-12)17-16-13-4-2-11(10-18)3-5-13/h2-10,15H,1H3. The summed E-state index contributed by atoms with van der Waals surface area (Å²) < 4.78 is 0. The van der Waals surface area contributed by atoms with E-state index in [9.17, 15) is 4.79 Å². The van der Waals surface area contributed by atoms with Crippen LogP contribution in [0.2, 0.25) is 0 Å². The molecule has 2 aromatic carbocycles. The van der Waals surface area contributed by atoms with Crippen LogP contribution in [0.15, 0.2) is 58.8 Å². The highest BCUT2D eigenvalue weighted by Crippen LogP contribution is 2.20. The zero-order valence-electron chi connectivity index (χ0n) is 10.00. The van der Waals surface area contributed by atoms with Gasteiger partial charge in [0.25, 0.3) is 0 Å². The van der Waals surface area contributed by atoms with Gasteiger partial charge < -0.3 is 5.32 Å². The van der Waals surface area contributed by atoms with Gasteiger partial charge in [0.15, 0.2) is 0 Å². The highest BCUT2D eigenvalue weighted by atomic mass is 16.1. The monoisotopic (exact) mass is 239 g/mol. The van der Waals surface area contributed by atoms with Crippen molar-refractivity contribution in [2.45, 2.75) is 0 Å². The Hall–Kier alpha value is -2.49. The molecule has 0 bridgehead atoms. The lowest BCUT2D eigenvalue weighted by Crippen LogP contribution is -1.85. The average Bonchev–Trinajstić information content (AvgIpc) is 2.46. The van der Waals surface area contributed by atoms with Crippen LogP contribution in [0, 0.1) is 0 Å². The van der Waals surface area contributed by atoms with E-state index in [1.807, 2.05) is 31.3 Å². The van der Waals surface area contributed by atoms with Crippen LogP contribution in [0.1, 0.15) is 10.4 Å². The van der Waals surface area contributed by atoms with E-state index >= 15 is 0 Å². The second-order valence-electron chi connectivity index (χ2n) is 3.71.